The molecule has 24 heavy (non-hydrogen) atoms. The number of hydrogen-bond acceptors (Lipinski definition) is 2. The van der Waals surface area contributed by atoms with Gasteiger partial charge in [-0.1, -0.05) is 6.07 Å². The Morgan fingerprint density at radius 3 is 2.33 bits per heavy atom. The van der Waals surface area contributed by atoms with Crippen LogP contribution < -0.4 is 16.0 Å². The van der Waals surface area contributed by atoms with Crippen LogP contribution >= 0.6 is 0 Å². The molecule has 0 aromatic heterocycles. The first-order valence-electron chi connectivity index (χ1n) is 7.49. The number of fused-ring (bicyclic) bond motifs is 1. The van der Waals surface area contributed by atoms with E-state index in [0.717, 1.165) is 31.6 Å². The van der Waals surface area contributed by atoms with Gasteiger partial charge in [-0.2, -0.15) is 13.2 Å². The summed E-state index contributed by atoms with van der Waals surface area (Å²) in [6, 6.07) is 9.49. The number of carbonyl (C=O) groups is 1. The van der Waals surface area contributed by atoms with Crippen LogP contribution in [0, 0.1) is 0 Å². The molecule has 0 spiro atoms. The molecule has 126 valence electrons. The van der Waals surface area contributed by atoms with Crippen LogP contribution in [-0.4, -0.2) is 12.6 Å². The minimum Gasteiger partial charge on any atom is -0.312 e. The molecule has 0 atom stereocenters. The topological polar surface area (TPSA) is 53.2 Å². The maximum absolute atomic E-state index is 12.5. The molecule has 2 aromatic carbocycles. The number of amides is 2. The third-order valence-corrected chi connectivity index (χ3v) is 3.82. The van der Waals surface area contributed by atoms with Crippen molar-refractivity contribution >= 4 is 17.4 Å². The van der Waals surface area contributed by atoms with Gasteiger partial charge in [0.25, 0.3) is 0 Å². The van der Waals surface area contributed by atoms with Gasteiger partial charge in [0.2, 0.25) is 0 Å². The first kappa shape index (κ1) is 16.3. The summed E-state index contributed by atoms with van der Waals surface area (Å²) < 4.78 is 37.5. The molecule has 4 nitrogen and oxygen atoms in total. The summed E-state index contributed by atoms with van der Waals surface area (Å²) in [5.74, 6) is 0. The number of hydrogen-bond donors (Lipinski definition) is 3. The molecule has 0 aliphatic carbocycles. The van der Waals surface area contributed by atoms with Gasteiger partial charge < -0.3 is 16.0 Å². The highest BCUT2D eigenvalue weighted by Crippen LogP contribution is 2.29. The Bertz CT molecular complexity index is 742. The summed E-state index contributed by atoms with van der Waals surface area (Å²) in [6.45, 7) is 1.71. The third kappa shape index (κ3) is 3.86. The first-order chi connectivity index (χ1) is 11.4. The van der Waals surface area contributed by atoms with Gasteiger partial charge in [0.15, 0.2) is 0 Å². The van der Waals surface area contributed by atoms with Crippen molar-refractivity contribution in [2.75, 3.05) is 17.2 Å². The largest absolute Gasteiger partial charge is 0.416 e. The third-order valence-electron chi connectivity index (χ3n) is 3.82. The van der Waals surface area contributed by atoms with Crippen molar-refractivity contribution < 1.29 is 18.0 Å². The normalized spacial score (nSPS) is 14.0. The van der Waals surface area contributed by atoms with E-state index in [4.69, 9.17) is 0 Å². The summed E-state index contributed by atoms with van der Waals surface area (Å²) >= 11 is 0. The van der Waals surface area contributed by atoms with Crippen LogP contribution in [0.2, 0.25) is 0 Å². The maximum Gasteiger partial charge on any atom is 0.416 e. The van der Waals surface area contributed by atoms with Gasteiger partial charge in [-0.05, 0) is 60.5 Å². The lowest BCUT2D eigenvalue weighted by Gasteiger charge is -2.18. The zero-order chi connectivity index (χ0) is 17.2. The number of benzene rings is 2. The number of anilines is 2. The molecule has 0 saturated heterocycles. The number of urea groups is 1. The van der Waals surface area contributed by atoms with E-state index < -0.39 is 17.8 Å². The summed E-state index contributed by atoms with van der Waals surface area (Å²) in [5.41, 5.74) is 2.58. The fourth-order valence-corrected chi connectivity index (χ4v) is 2.59. The Kier molecular flexibility index (Phi) is 4.44. The van der Waals surface area contributed by atoms with E-state index in [0.29, 0.717) is 11.4 Å². The van der Waals surface area contributed by atoms with Crippen molar-refractivity contribution in [1.82, 2.24) is 5.32 Å². The lowest BCUT2D eigenvalue weighted by molar-refractivity contribution is -0.137. The molecular weight excluding hydrogens is 319 g/mol. The quantitative estimate of drug-likeness (QED) is 0.777. The van der Waals surface area contributed by atoms with Crippen LogP contribution in [0.25, 0.3) is 0 Å². The van der Waals surface area contributed by atoms with E-state index in [1.165, 1.54) is 23.3 Å². The summed E-state index contributed by atoms with van der Waals surface area (Å²) in [4.78, 5) is 12.0. The summed E-state index contributed by atoms with van der Waals surface area (Å²) in [6.07, 6.45) is -3.50. The highest BCUT2D eigenvalue weighted by Gasteiger charge is 2.29. The van der Waals surface area contributed by atoms with Crippen LogP contribution in [0.1, 0.15) is 16.7 Å². The van der Waals surface area contributed by atoms with E-state index >= 15 is 0 Å². The van der Waals surface area contributed by atoms with E-state index in [2.05, 4.69) is 16.0 Å². The van der Waals surface area contributed by atoms with Crippen molar-refractivity contribution in [3.63, 3.8) is 0 Å². The number of halogens is 3. The smallest absolute Gasteiger partial charge is 0.312 e. The number of alkyl halides is 3. The Hall–Kier alpha value is -2.54. The molecule has 0 saturated carbocycles. The molecule has 1 aliphatic heterocycles. The molecule has 0 radical (unpaired) electrons. The highest BCUT2D eigenvalue weighted by atomic mass is 19.4. The van der Waals surface area contributed by atoms with E-state index in [1.54, 1.807) is 6.07 Å². The van der Waals surface area contributed by atoms with E-state index in [9.17, 15) is 18.0 Å². The summed E-state index contributed by atoms with van der Waals surface area (Å²) in [5, 5.41) is 8.48. The van der Waals surface area contributed by atoms with E-state index in [-0.39, 0.29) is 0 Å². The maximum atomic E-state index is 12.5. The lowest BCUT2D eigenvalue weighted by atomic mass is 10.0. The predicted octanol–water partition coefficient (Wildman–Crippen LogP) is 4.00. The lowest BCUT2D eigenvalue weighted by Crippen LogP contribution is -2.24. The molecular formula is C17H16F3N3O. The van der Waals surface area contributed by atoms with Crippen molar-refractivity contribution in [1.29, 1.82) is 0 Å². The van der Waals surface area contributed by atoms with Crippen LogP contribution in [0.5, 0.6) is 0 Å². The fraction of sp³-hybridized carbons (Fsp3) is 0.235. The summed E-state index contributed by atoms with van der Waals surface area (Å²) in [7, 11) is 0. The van der Waals surface area contributed by atoms with Crippen LogP contribution in [0.15, 0.2) is 42.5 Å². The Morgan fingerprint density at radius 2 is 1.62 bits per heavy atom. The fourth-order valence-electron chi connectivity index (χ4n) is 2.59. The predicted molar refractivity (Wildman–Crippen MR) is 85.9 cm³/mol. The molecule has 2 amide bonds. The van der Waals surface area contributed by atoms with Gasteiger partial charge in [0, 0.05) is 17.9 Å². The second kappa shape index (κ2) is 6.52. The molecule has 0 fully saturated rings. The number of carbonyl (C=O) groups excluding carboxylic acids is 1. The van der Waals surface area contributed by atoms with Crippen LogP contribution in [-0.2, 0) is 19.1 Å². The number of nitrogens with one attached hydrogen (secondary N) is 3. The molecule has 2 aromatic rings. The number of rotatable bonds is 2. The first-order valence-corrected chi connectivity index (χ1v) is 7.49. The van der Waals surface area contributed by atoms with Crippen molar-refractivity contribution in [2.45, 2.75) is 19.1 Å². The average Bonchev–Trinajstić information content (AvgIpc) is 2.54. The van der Waals surface area contributed by atoms with Gasteiger partial charge in [-0.3, -0.25) is 0 Å². The molecule has 0 unspecified atom stereocenters. The standard InChI is InChI=1S/C17H16F3N3O/c18-17(19,20)13-2-5-14(6-3-13)22-16(24)23-15-4-1-12-10-21-8-7-11(12)9-15/h1-6,9,21H,7-8,10H2,(H2,22,23,24). The second-order valence-corrected chi connectivity index (χ2v) is 5.56. The Balaban J connectivity index is 1.63. The second-order valence-electron chi connectivity index (χ2n) is 5.56. The Morgan fingerprint density at radius 1 is 0.958 bits per heavy atom. The van der Waals surface area contributed by atoms with Gasteiger partial charge in [0.05, 0.1) is 5.56 Å². The molecule has 3 rings (SSSR count). The van der Waals surface area contributed by atoms with Gasteiger partial charge in [0.1, 0.15) is 0 Å². The molecule has 1 heterocycles. The van der Waals surface area contributed by atoms with Crippen molar-refractivity contribution in [3.8, 4) is 0 Å². The van der Waals surface area contributed by atoms with Gasteiger partial charge in [-0.15, -0.1) is 0 Å². The molecule has 7 heteroatoms. The van der Waals surface area contributed by atoms with Crippen molar-refractivity contribution in [3.05, 3.63) is 59.2 Å². The van der Waals surface area contributed by atoms with Crippen molar-refractivity contribution in [2.24, 2.45) is 0 Å². The molecule has 3 N–H and O–H groups in total. The Labute approximate surface area is 137 Å². The van der Waals surface area contributed by atoms with Crippen LogP contribution in [0.4, 0.5) is 29.3 Å². The molecule has 0 bridgehead atoms. The monoisotopic (exact) mass is 335 g/mol. The zero-order valence-corrected chi connectivity index (χ0v) is 12.7. The zero-order valence-electron chi connectivity index (χ0n) is 12.7. The average molecular weight is 335 g/mol. The van der Waals surface area contributed by atoms with Crippen LogP contribution in [0.3, 0.4) is 0 Å². The molecule has 1 aliphatic rings. The van der Waals surface area contributed by atoms with Gasteiger partial charge >= 0.3 is 12.2 Å². The van der Waals surface area contributed by atoms with E-state index in [1.807, 2.05) is 12.1 Å². The van der Waals surface area contributed by atoms with Gasteiger partial charge in [-0.25, -0.2) is 4.79 Å². The minimum absolute atomic E-state index is 0.294. The SMILES string of the molecule is O=C(Nc1ccc(C(F)(F)F)cc1)Nc1ccc2c(c1)CCNC2. The minimum atomic E-state index is -4.39. The highest BCUT2D eigenvalue weighted by molar-refractivity contribution is 5.99.